The van der Waals surface area contributed by atoms with Crippen molar-refractivity contribution in [2.45, 2.75) is 38.1 Å². The van der Waals surface area contributed by atoms with Crippen LogP contribution in [0.4, 0.5) is 30.8 Å². The van der Waals surface area contributed by atoms with E-state index in [1.807, 2.05) is 6.92 Å². The molecule has 0 saturated carbocycles. The van der Waals surface area contributed by atoms with Gasteiger partial charge in [-0.3, -0.25) is 10.2 Å². The van der Waals surface area contributed by atoms with E-state index in [1.54, 1.807) is 18.3 Å². The van der Waals surface area contributed by atoms with Gasteiger partial charge < -0.3 is 25.3 Å². The van der Waals surface area contributed by atoms with Crippen LogP contribution in [0.3, 0.4) is 0 Å². The molecule has 4 N–H and O–H groups in total. The number of piperidine rings is 1. The second-order valence-corrected chi connectivity index (χ2v) is 10.1. The van der Waals surface area contributed by atoms with Gasteiger partial charge in [0.15, 0.2) is 5.82 Å². The number of benzene rings is 1. The van der Waals surface area contributed by atoms with Gasteiger partial charge in [0, 0.05) is 67.6 Å². The van der Waals surface area contributed by atoms with Crippen LogP contribution in [-0.4, -0.2) is 78.7 Å². The summed E-state index contributed by atoms with van der Waals surface area (Å²) in [5, 5.41) is 6.77. The minimum atomic E-state index is -1.30. The van der Waals surface area contributed by atoms with Crippen LogP contribution in [0.5, 0.6) is 5.88 Å². The van der Waals surface area contributed by atoms with Gasteiger partial charge in [0.05, 0.1) is 12.3 Å². The van der Waals surface area contributed by atoms with Crippen LogP contribution in [0, 0.1) is 12.7 Å². The Hall–Kier alpha value is -3.77. The first kappa shape index (κ1) is 25.5. The zero-order valence-corrected chi connectivity index (χ0v) is 21.5. The number of nitrogens with two attached hydrogens (primary N) is 1. The van der Waals surface area contributed by atoms with Gasteiger partial charge in [0.2, 0.25) is 5.88 Å². The maximum Gasteiger partial charge on any atom is 0.413 e. The van der Waals surface area contributed by atoms with Gasteiger partial charge in [-0.15, -0.1) is 0 Å². The first-order valence-electron chi connectivity index (χ1n) is 13.1. The molecule has 3 aliphatic heterocycles. The van der Waals surface area contributed by atoms with Crippen molar-refractivity contribution in [1.82, 2.24) is 14.9 Å². The lowest BCUT2D eigenvalue weighted by Gasteiger charge is -2.37. The van der Waals surface area contributed by atoms with Gasteiger partial charge >= 0.3 is 6.09 Å². The molecular formula is C27H30F2N6O4. The summed E-state index contributed by atoms with van der Waals surface area (Å²) in [5.41, 5.74) is 8.40. The van der Waals surface area contributed by atoms with E-state index >= 15 is 4.39 Å². The second-order valence-electron chi connectivity index (χ2n) is 10.1. The summed E-state index contributed by atoms with van der Waals surface area (Å²) in [7, 11) is 0. The number of hydrogen-bond donors (Lipinski definition) is 3. The Kier molecular flexibility index (Phi) is 6.81. The molecule has 2 saturated heterocycles. The first-order valence-corrected chi connectivity index (χ1v) is 13.1. The average Bonchev–Trinajstić information content (AvgIpc) is 3.48. The summed E-state index contributed by atoms with van der Waals surface area (Å²) < 4.78 is 46.6. The maximum absolute atomic E-state index is 15.4. The van der Waals surface area contributed by atoms with E-state index in [9.17, 15) is 9.18 Å². The Balaban J connectivity index is 1.20. The molecule has 0 aliphatic carbocycles. The van der Waals surface area contributed by atoms with E-state index in [-0.39, 0.29) is 29.7 Å². The number of anilines is 3. The molecule has 206 valence electrons. The topological polar surface area (TPSA) is 124 Å². The number of carbonyl (C=O) groups is 1. The lowest BCUT2D eigenvalue weighted by Crippen LogP contribution is -2.50. The van der Waals surface area contributed by atoms with Gasteiger partial charge in [-0.05, 0) is 36.4 Å². The summed E-state index contributed by atoms with van der Waals surface area (Å²) in [6.45, 7) is 5.11. The highest BCUT2D eigenvalue weighted by molar-refractivity contribution is 5.99. The molecule has 39 heavy (non-hydrogen) atoms. The van der Waals surface area contributed by atoms with Crippen LogP contribution >= 0.6 is 0 Å². The Labute approximate surface area is 223 Å². The van der Waals surface area contributed by atoms with Crippen molar-refractivity contribution < 1.29 is 27.8 Å². The van der Waals surface area contributed by atoms with E-state index in [0.717, 1.165) is 12.0 Å². The van der Waals surface area contributed by atoms with Crippen molar-refractivity contribution in [2.24, 2.45) is 0 Å². The molecule has 0 unspecified atom stereocenters. The predicted octanol–water partition coefficient (Wildman–Crippen LogP) is 3.88. The standard InChI is InChI=1S/C27H30F2N6O4/c1-14-18(10-33-26-25(14)31-4-7-38-26)17-8-15-9-22(32-11-19(15)24(30)23(17)29)34-27(36)39-21-2-5-35(12-20(21)28)16-3-6-37-13-16/h8-11,16,20-21,31H,2-7,12-13,30H2,1H3,(H,32,34,36)/t16-,20+,21-/m1/s1. The summed E-state index contributed by atoms with van der Waals surface area (Å²) in [5.74, 6) is 0.0610. The molecular weight excluding hydrogens is 510 g/mol. The molecule has 0 radical (unpaired) electrons. The predicted molar refractivity (Wildman–Crippen MR) is 142 cm³/mol. The Morgan fingerprint density at radius 1 is 1.23 bits per heavy atom. The molecule has 3 aromatic rings. The van der Waals surface area contributed by atoms with Gasteiger partial charge in [0.1, 0.15) is 30.4 Å². The number of nitrogens with one attached hydrogen (secondary N) is 2. The van der Waals surface area contributed by atoms with E-state index in [2.05, 4.69) is 25.5 Å². The quantitative estimate of drug-likeness (QED) is 0.423. The van der Waals surface area contributed by atoms with Gasteiger partial charge in [-0.25, -0.2) is 23.5 Å². The maximum atomic E-state index is 15.4. The Bertz CT molecular complexity index is 1420. The van der Waals surface area contributed by atoms with Crippen LogP contribution < -0.4 is 21.1 Å². The lowest BCUT2D eigenvalue weighted by molar-refractivity contribution is -0.0161. The van der Waals surface area contributed by atoms with Crippen molar-refractivity contribution in [1.29, 1.82) is 0 Å². The van der Waals surface area contributed by atoms with E-state index in [1.165, 1.54) is 6.20 Å². The molecule has 5 heterocycles. The van der Waals surface area contributed by atoms with Crippen LogP contribution in [0.25, 0.3) is 21.9 Å². The van der Waals surface area contributed by atoms with Gasteiger partial charge in [-0.1, -0.05) is 0 Å². The van der Waals surface area contributed by atoms with Crippen LogP contribution in [-0.2, 0) is 9.47 Å². The number of aromatic nitrogens is 2. The monoisotopic (exact) mass is 540 g/mol. The van der Waals surface area contributed by atoms with Gasteiger partial charge in [-0.2, -0.15) is 0 Å². The molecule has 3 aliphatic rings. The largest absolute Gasteiger partial charge is 0.474 e. The molecule has 0 spiro atoms. The SMILES string of the molecule is Cc1c(-c2cc3cc(NC(=O)O[C@@H]4CCN([C@@H]5CCOC5)C[C@@H]4F)ncc3c(N)c2F)cnc2c1NCCO2. The third kappa shape index (κ3) is 4.89. The number of likely N-dealkylation sites (tertiary alicyclic amines) is 1. The van der Waals surface area contributed by atoms with Crippen molar-refractivity contribution in [2.75, 3.05) is 55.8 Å². The first-order chi connectivity index (χ1) is 18.9. The smallest absolute Gasteiger partial charge is 0.413 e. The highest BCUT2D eigenvalue weighted by Gasteiger charge is 2.36. The third-order valence-corrected chi connectivity index (χ3v) is 7.66. The molecule has 2 fully saturated rings. The minimum Gasteiger partial charge on any atom is -0.474 e. The highest BCUT2D eigenvalue weighted by Crippen LogP contribution is 2.39. The fraction of sp³-hybridized carbons (Fsp3) is 0.444. The number of hydrogen-bond acceptors (Lipinski definition) is 9. The summed E-state index contributed by atoms with van der Waals surface area (Å²) >= 11 is 0. The second kappa shape index (κ2) is 10.4. The molecule has 6 rings (SSSR count). The molecule has 1 aromatic carbocycles. The number of nitrogens with zero attached hydrogens (tertiary/aromatic N) is 3. The minimum absolute atomic E-state index is 0.0647. The van der Waals surface area contributed by atoms with Crippen molar-refractivity contribution in [3.8, 4) is 17.0 Å². The number of nitrogen functional groups attached to an aromatic ring is 1. The van der Waals surface area contributed by atoms with Crippen LogP contribution in [0.2, 0.25) is 0 Å². The number of fused-ring (bicyclic) bond motifs is 2. The van der Waals surface area contributed by atoms with Gasteiger partial charge in [0.25, 0.3) is 0 Å². The van der Waals surface area contributed by atoms with Crippen LogP contribution in [0.15, 0.2) is 24.5 Å². The summed E-state index contributed by atoms with van der Waals surface area (Å²) in [6.07, 6.45) is 1.27. The zero-order chi connectivity index (χ0) is 27.1. The zero-order valence-electron chi connectivity index (χ0n) is 21.5. The van der Waals surface area contributed by atoms with Crippen LogP contribution in [0.1, 0.15) is 18.4 Å². The Morgan fingerprint density at radius 2 is 2.10 bits per heavy atom. The number of amides is 1. The van der Waals surface area contributed by atoms with E-state index in [4.69, 9.17) is 19.9 Å². The molecule has 12 heteroatoms. The van der Waals surface area contributed by atoms with E-state index < -0.39 is 24.2 Å². The molecule has 2 aromatic heterocycles. The molecule has 10 nitrogen and oxygen atoms in total. The number of carbonyl (C=O) groups excluding carboxylic acids is 1. The molecule has 3 atom stereocenters. The fourth-order valence-corrected chi connectivity index (χ4v) is 5.51. The number of pyridine rings is 2. The lowest BCUT2D eigenvalue weighted by atomic mass is 9.97. The highest BCUT2D eigenvalue weighted by atomic mass is 19.1. The van der Waals surface area contributed by atoms with Crippen molar-refractivity contribution in [3.63, 3.8) is 0 Å². The number of alkyl halides is 1. The summed E-state index contributed by atoms with van der Waals surface area (Å²) in [6, 6.07) is 3.43. The fourth-order valence-electron chi connectivity index (χ4n) is 5.51. The third-order valence-electron chi connectivity index (χ3n) is 7.66. The van der Waals surface area contributed by atoms with Crippen molar-refractivity contribution in [3.05, 3.63) is 35.9 Å². The number of rotatable bonds is 4. The average molecular weight is 541 g/mol. The number of halogens is 2. The van der Waals surface area contributed by atoms with Crippen molar-refractivity contribution >= 4 is 34.1 Å². The Morgan fingerprint density at radius 3 is 2.90 bits per heavy atom. The number of ether oxygens (including phenoxy) is 3. The molecule has 1 amide bonds. The molecule has 0 bridgehead atoms. The summed E-state index contributed by atoms with van der Waals surface area (Å²) in [4.78, 5) is 23.2. The normalized spacial score (nSPS) is 23.1. The van der Waals surface area contributed by atoms with E-state index in [0.29, 0.717) is 67.2 Å².